The van der Waals surface area contributed by atoms with Gasteiger partial charge >= 0.3 is 0 Å². The SMILES string of the molecule is Cc1cc(C2CCCNCC2)n2ncnc(N)c12. The summed E-state index contributed by atoms with van der Waals surface area (Å²) < 4.78 is 1.98. The zero-order valence-corrected chi connectivity index (χ0v) is 10.7. The van der Waals surface area contributed by atoms with Crippen LogP contribution in [-0.4, -0.2) is 27.7 Å². The monoisotopic (exact) mass is 245 g/mol. The highest BCUT2D eigenvalue weighted by Crippen LogP contribution is 2.30. The Balaban J connectivity index is 2.08. The van der Waals surface area contributed by atoms with E-state index in [1.165, 1.54) is 24.1 Å². The predicted molar refractivity (Wildman–Crippen MR) is 71.6 cm³/mol. The quantitative estimate of drug-likeness (QED) is 0.798. The molecule has 2 aromatic rings. The number of nitrogens with one attached hydrogen (secondary N) is 1. The third-order valence-electron chi connectivity index (χ3n) is 3.79. The molecule has 96 valence electrons. The molecule has 5 heteroatoms. The fourth-order valence-corrected chi connectivity index (χ4v) is 2.89. The molecule has 1 atom stereocenters. The van der Waals surface area contributed by atoms with E-state index in [2.05, 4.69) is 28.4 Å². The predicted octanol–water partition coefficient (Wildman–Crippen LogP) is 1.48. The number of anilines is 1. The molecule has 0 saturated carbocycles. The minimum atomic E-state index is 0.565. The molecular weight excluding hydrogens is 226 g/mol. The molecule has 5 nitrogen and oxygen atoms in total. The molecule has 1 saturated heterocycles. The molecule has 1 aliphatic rings. The van der Waals surface area contributed by atoms with Crippen LogP contribution in [0.1, 0.15) is 36.4 Å². The van der Waals surface area contributed by atoms with Gasteiger partial charge in [-0.2, -0.15) is 5.10 Å². The van der Waals surface area contributed by atoms with Gasteiger partial charge in [0.05, 0.1) is 0 Å². The van der Waals surface area contributed by atoms with E-state index in [1.54, 1.807) is 6.33 Å². The first kappa shape index (κ1) is 11.5. The maximum absolute atomic E-state index is 5.95. The lowest BCUT2D eigenvalue weighted by molar-refractivity contribution is 0.578. The molecule has 3 heterocycles. The Labute approximate surface area is 106 Å². The molecule has 0 amide bonds. The first-order valence-corrected chi connectivity index (χ1v) is 6.57. The van der Waals surface area contributed by atoms with Gasteiger partial charge in [-0.05, 0) is 50.9 Å². The maximum atomic E-state index is 5.95. The van der Waals surface area contributed by atoms with E-state index in [0.717, 1.165) is 25.0 Å². The van der Waals surface area contributed by atoms with Crippen LogP contribution in [0.5, 0.6) is 0 Å². The summed E-state index contributed by atoms with van der Waals surface area (Å²) in [6, 6.07) is 2.22. The first-order valence-electron chi connectivity index (χ1n) is 6.57. The van der Waals surface area contributed by atoms with Crippen LogP contribution in [0.4, 0.5) is 5.82 Å². The van der Waals surface area contributed by atoms with Crippen LogP contribution >= 0.6 is 0 Å². The summed E-state index contributed by atoms with van der Waals surface area (Å²) in [5.74, 6) is 1.14. The van der Waals surface area contributed by atoms with Gasteiger partial charge in [0.1, 0.15) is 11.8 Å². The lowest BCUT2D eigenvalue weighted by Gasteiger charge is -2.13. The number of hydrogen-bond acceptors (Lipinski definition) is 4. The number of nitrogen functional groups attached to an aromatic ring is 1. The minimum absolute atomic E-state index is 0.565. The zero-order valence-electron chi connectivity index (χ0n) is 10.7. The van der Waals surface area contributed by atoms with E-state index in [0.29, 0.717) is 11.7 Å². The molecule has 0 bridgehead atoms. The molecule has 1 aliphatic heterocycles. The summed E-state index contributed by atoms with van der Waals surface area (Å²) in [5.41, 5.74) is 9.35. The van der Waals surface area contributed by atoms with Gasteiger partial charge in [-0.25, -0.2) is 9.50 Å². The highest BCUT2D eigenvalue weighted by atomic mass is 15.3. The summed E-state index contributed by atoms with van der Waals surface area (Å²) >= 11 is 0. The van der Waals surface area contributed by atoms with Crippen LogP contribution in [0.2, 0.25) is 0 Å². The highest BCUT2D eigenvalue weighted by molar-refractivity contribution is 5.70. The Morgan fingerprint density at radius 3 is 3.17 bits per heavy atom. The van der Waals surface area contributed by atoms with Gasteiger partial charge in [0, 0.05) is 11.6 Å². The Morgan fingerprint density at radius 1 is 1.39 bits per heavy atom. The first-order chi connectivity index (χ1) is 8.77. The van der Waals surface area contributed by atoms with Crippen molar-refractivity contribution in [2.24, 2.45) is 0 Å². The molecule has 1 unspecified atom stereocenters. The van der Waals surface area contributed by atoms with E-state index in [-0.39, 0.29) is 0 Å². The Kier molecular flexibility index (Phi) is 2.91. The van der Waals surface area contributed by atoms with Gasteiger partial charge < -0.3 is 11.1 Å². The molecule has 0 aromatic carbocycles. The maximum Gasteiger partial charge on any atom is 0.151 e. The summed E-state index contributed by atoms with van der Waals surface area (Å²) in [6.45, 7) is 4.28. The molecule has 0 spiro atoms. The van der Waals surface area contributed by atoms with Gasteiger partial charge in [0.25, 0.3) is 0 Å². The van der Waals surface area contributed by atoms with Crippen molar-refractivity contribution in [3.05, 3.63) is 23.7 Å². The number of fused-ring (bicyclic) bond motifs is 1. The van der Waals surface area contributed by atoms with E-state index >= 15 is 0 Å². The van der Waals surface area contributed by atoms with Crippen molar-refractivity contribution in [3.63, 3.8) is 0 Å². The average molecular weight is 245 g/mol. The van der Waals surface area contributed by atoms with Crippen LogP contribution < -0.4 is 11.1 Å². The van der Waals surface area contributed by atoms with E-state index < -0.39 is 0 Å². The third-order valence-corrected chi connectivity index (χ3v) is 3.79. The lowest BCUT2D eigenvalue weighted by Crippen LogP contribution is -2.14. The van der Waals surface area contributed by atoms with Crippen molar-refractivity contribution in [3.8, 4) is 0 Å². The fourth-order valence-electron chi connectivity index (χ4n) is 2.89. The Hall–Kier alpha value is -1.62. The second-order valence-electron chi connectivity index (χ2n) is 5.04. The molecular formula is C13H19N5. The normalized spacial score (nSPS) is 21.1. The third kappa shape index (κ3) is 1.84. The lowest BCUT2D eigenvalue weighted by atomic mass is 9.97. The Bertz CT molecular complexity index is 552. The van der Waals surface area contributed by atoms with Gasteiger partial charge in [0.2, 0.25) is 0 Å². The van der Waals surface area contributed by atoms with Crippen LogP contribution in [-0.2, 0) is 0 Å². The molecule has 18 heavy (non-hydrogen) atoms. The van der Waals surface area contributed by atoms with Crippen molar-refractivity contribution in [2.75, 3.05) is 18.8 Å². The van der Waals surface area contributed by atoms with Crippen molar-refractivity contribution < 1.29 is 0 Å². The van der Waals surface area contributed by atoms with Gasteiger partial charge in [-0.3, -0.25) is 0 Å². The summed E-state index contributed by atoms with van der Waals surface area (Å²) in [7, 11) is 0. The Morgan fingerprint density at radius 2 is 2.28 bits per heavy atom. The summed E-state index contributed by atoms with van der Waals surface area (Å²) in [5, 5.41) is 7.82. The molecule has 2 aromatic heterocycles. The van der Waals surface area contributed by atoms with Gasteiger partial charge in [-0.15, -0.1) is 0 Å². The topological polar surface area (TPSA) is 68.2 Å². The molecule has 0 radical (unpaired) electrons. The van der Waals surface area contributed by atoms with Crippen LogP contribution in [0.3, 0.4) is 0 Å². The van der Waals surface area contributed by atoms with E-state index in [1.807, 2.05) is 4.52 Å². The molecule has 0 aliphatic carbocycles. The van der Waals surface area contributed by atoms with Crippen molar-refractivity contribution in [1.82, 2.24) is 19.9 Å². The second kappa shape index (κ2) is 4.57. The van der Waals surface area contributed by atoms with Crippen molar-refractivity contribution in [2.45, 2.75) is 32.1 Å². The number of nitrogens with zero attached hydrogens (tertiary/aromatic N) is 3. The van der Waals surface area contributed by atoms with E-state index in [9.17, 15) is 0 Å². The second-order valence-corrected chi connectivity index (χ2v) is 5.04. The summed E-state index contributed by atoms with van der Waals surface area (Å²) in [4.78, 5) is 4.08. The number of hydrogen-bond donors (Lipinski definition) is 2. The average Bonchev–Trinajstić information content (AvgIpc) is 2.56. The largest absolute Gasteiger partial charge is 0.382 e. The van der Waals surface area contributed by atoms with Gasteiger partial charge in [0.15, 0.2) is 5.82 Å². The summed E-state index contributed by atoms with van der Waals surface area (Å²) in [6.07, 6.45) is 5.13. The van der Waals surface area contributed by atoms with E-state index in [4.69, 9.17) is 5.73 Å². The highest BCUT2D eigenvalue weighted by Gasteiger charge is 2.20. The molecule has 3 rings (SSSR count). The zero-order chi connectivity index (χ0) is 12.5. The van der Waals surface area contributed by atoms with Crippen LogP contribution in [0.25, 0.3) is 5.52 Å². The standard InChI is InChI=1S/C13H19N5/c1-9-7-11(10-3-2-5-15-6-4-10)18-12(9)13(14)16-8-17-18/h7-8,10,15H,2-6H2,1H3,(H2,14,16,17). The smallest absolute Gasteiger partial charge is 0.151 e. The number of aryl methyl sites for hydroxylation is 1. The van der Waals surface area contributed by atoms with Crippen LogP contribution in [0, 0.1) is 6.92 Å². The van der Waals surface area contributed by atoms with Crippen LogP contribution in [0.15, 0.2) is 12.4 Å². The number of nitrogens with two attached hydrogens (primary N) is 1. The van der Waals surface area contributed by atoms with Crippen molar-refractivity contribution in [1.29, 1.82) is 0 Å². The number of rotatable bonds is 1. The fraction of sp³-hybridized carbons (Fsp3) is 0.538. The number of aromatic nitrogens is 3. The molecule has 1 fully saturated rings. The van der Waals surface area contributed by atoms with Gasteiger partial charge in [-0.1, -0.05) is 0 Å². The molecule has 3 N–H and O–H groups in total. The van der Waals surface area contributed by atoms with Crippen molar-refractivity contribution >= 4 is 11.3 Å². The minimum Gasteiger partial charge on any atom is -0.382 e.